The summed E-state index contributed by atoms with van der Waals surface area (Å²) in [5, 5.41) is 7.13. The van der Waals surface area contributed by atoms with Crippen LogP contribution in [0.5, 0.6) is 0 Å². The van der Waals surface area contributed by atoms with Crippen molar-refractivity contribution in [3.63, 3.8) is 0 Å². The van der Waals surface area contributed by atoms with Gasteiger partial charge in [0.2, 0.25) is 0 Å². The Labute approximate surface area is 80.6 Å². The van der Waals surface area contributed by atoms with Crippen LogP contribution in [-0.4, -0.2) is 19.7 Å². The van der Waals surface area contributed by atoms with Gasteiger partial charge in [0.25, 0.3) is 0 Å². The van der Waals surface area contributed by atoms with E-state index in [9.17, 15) is 0 Å². The van der Waals surface area contributed by atoms with E-state index in [-0.39, 0.29) is 0 Å². The van der Waals surface area contributed by atoms with Crippen LogP contribution in [0.4, 0.5) is 0 Å². The Bertz CT molecular complexity index is 390. The van der Waals surface area contributed by atoms with Crippen LogP contribution in [0.25, 0.3) is 11.3 Å². The predicted octanol–water partition coefficient (Wildman–Crippen LogP) is 1.95. The molecule has 0 aliphatic rings. The molecule has 0 atom stereocenters. The summed E-state index contributed by atoms with van der Waals surface area (Å²) < 4.78 is 1.98. The Morgan fingerprint density at radius 2 is 2.46 bits per heavy atom. The predicted molar refractivity (Wildman–Crippen MR) is 50.5 cm³/mol. The van der Waals surface area contributed by atoms with Gasteiger partial charge in [0, 0.05) is 18.3 Å². The van der Waals surface area contributed by atoms with Gasteiger partial charge in [-0.15, -0.1) is 0 Å². The monoisotopic (exact) mass is 196 g/mol. The van der Waals surface area contributed by atoms with E-state index in [0.717, 1.165) is 17.8 Å². The molecular weight excluding hydrogens is 188 g/mol. The second-order valence-electron chi connectivity index (χ2n) is 2.66. The van der Waals surface area contributed by atoms with Gasteiger partial charge in [0.05, 0.1) is 18.2 Å². The van der Waals surface area contributed by atoms with Crippen molar-refractivity contribution in [1.29, 1.82) is 0 Å². The normalized spacial score (nSPS) is 10.6. The molecule has 2 aromatic rings. The van der Waals surface area contributed by atoms with Crippen molar-refractivity contribution in [3.8, 4) is 11.3 Å². The highest BCUT2D eigenvalue weighted by molar-refractivity contribution is 6.31. The second kappa shape index (κ2) is 3.22. The minimum atomic E-state index is 0.517. The lowest BCUT2D eigenvalue weighted by Crippen LogP contribution is -1.93. The van der Waals surface area contributed by atoms with Crippen LogP contribution < -0.4 is 0 Å². The second-order valence-corrected chi connectivity index (χ2v) is 3.01. The summed E-state index contributed by atoms with van der Waals surface area (Å²) in [4.78, 5) is 4.03. The van der Waals surface area contributed by atoms with Crippen LogP contribution in [-0.2, 0) is 6.54 Å². The molecule has 0 aliphatic carbocycles. The van der Waals surface area contributed by atoms with Gasteiger partial charge in [0.1, 0.15) is 0 Å². The summed E-state index contributed by atoms with van der Waals surface area (Å²) >= 11 is 5.94. The number of halogens is 1. The van der Waals surface area contributed by atoms with Crippen LogP contribution in [0.3, 0.4) is 0 Å². The van der Waals surface area contributed by atoms with E-state index in [1.807, 2.05) is 11.5 Å². The lowest BCUT2D eigenvalue weighted by atomic mass is 10.3. The van der Waals surface area contributed by atoms with Gasteiger partial charge in [-0.2, -0.15) is 5.10 Å². The number of imidazole rings is 1. The van der Waals surface area contributed by atoms with Crippen LogP contribution in [0.1, 0.15) is 6.92 Å². The number of hydrogen-bond donors (Lipinski definition) is 1. The fourth-order valence-electron chi connectivity index (χ4n) is 1.26. The van der Waals surface area contributed by atoms with E-state index in [0.29, 0.717) is 5.15 Å². The average Bonchev–Trinajstić information content (AvgIpc) is 2.72. The SMILES string of the molecule is CCn1cnc(Cl)c1-c1cn[nH]c1. The molecule has 2 rings (SSSR count). The molecule has 4 nitrogen and oxygen atoms in total. The topological polar surface area (TPSA) is 46.5 Å². The average molecular weight is 197 g/mol. The van der Waals surface area contributed by atoms with Crippen LogP contribution in [0, 0.1) is 0 Å². The van der Waals surface area contributed by atoms with E-state index in [4.69, 9.17) is 11.6 Å². The fraction of sp³-hybridized carbons (Fsp3) is 0.250. The molecule has 0 spiro atoms. The summed E-state index contributed by atoms with van der Waals surface area (Å²) in [6.45, 7) is 2.89. The van der Waals surface area contributed by atoms with Gasteiger partial charge in [-0.05, 0) is 6.92 Å². The van der Waals surface area contributed by atoms with Crippen LogP contribution in [0.2, 0.25) is 5.15 Å². The summed E-state index contributed by atoms with van der Waals surface area (Å²) in [5.41, 5.74) is 1.88. The number of nitrogens with zero attached hydrogens (tertiary/aromatic N) is 3. The highest BCUT2D eigenvalue weighted by Crippen LogP contribution is 2.25. The first-order valence-electron chi connectivity index (χ1n) is 4.02. The van der Waals surface area contributed by atoms with Crippen LogP contribution in [0.15, 0.2) is 18.7 Å². The van der Waals surface area contributed by atoms with Crippen molar-refractivity contribution in [1.82, 2.24) is 19.7 Å². The van der Waals surface area contributed by atoms with E-state index in [1.54, 1.807) is 18.7 Å². The number of aryl methyl sites for hydroxylation is 1. The Kier molecular flexibility index (Phi) is 2.06. The summed E-state index contributed by atoms with van der Waals surface area (Å²) in [7, 11) is 0. The van der Waals surface area contributed by atoms with Gasteiger partial charge in [-0.25, -0.2) is 4.98 Å². The zero-order valence-electron chi connectivity index (χ0n) is 7.16. The summed E-state index contributed by atoms with van der Waals surface area (Å²) in [5.74, 6) is 0. The molecule has 0 bridgehead atoms. The van der Waals surface area contributed by atoms with Gasteiger partial charge in [-0.3, -0.25) is 5.10 Å². The fourth-order valence-corrected chi connectivity index (χ4v) is 1.52. The number of H-pyrrole nitrogens is 1. The number of nitrogens with one attached hydrogen (secondary N) is 1. The zero-order valence-corrected chi connectivity index (χ0v) is 7.91. The molecule has 0 unspecified atom stereocenters. The summed E-state index contributed by atoms with van der Waals surface area (Å²) in [6, 6.07) is 0. The third-order valence-electron chi connectivity index (χ3n) is 1.91. The Balaban J connectivity index is 2.55. The van der Waals surface area contributed by atoms with Gasteiger partial charge in [-0.1, -0.05) is 11.6 Å². The maximum Gasteiger partial charge on any atom is 0.155 e. The Morgan fingerprint density at radius 3 is 3.08 bits per heavy atom. The largest absolute Gasteiger partial charge is 0.330 e. The van der Waals surface area contributed by atoms with Gasteiger partial charge < -0.3 is 4.57 Å². The number of rotatable bonds is 2. The zero-order chi connectivity index (χ0) is 9.26. The van der Waals surface area contributed by atoms with Gasteiger partial charge >= 0.3 is 0 Å². The minimum absolute atomic E-state index is 0.517. The van der Waals surface area contributed by atoms with Crippen molar-refractivity contribution in [2.24, 2.45) is 0 Å². The molecule has 68 valence electrons. The third-order valence-corrected chi connectivity index (χ3v) is 2.18. The number of aromatic nitrogens is 4. The first kappa shape index (κ1) is 8.31. The van der Waals surface area contributed by atoms with E-state index < -0.39 is 0 Å². The Morgan fingerprint density at radius 1 is 1.62 bits per heavy atom. The molecule has 0 radical (unpaired) electrons. The molecule has 0 aliphatic heterocycles. The van der Waals surface area contributed by atoms with Crippen molar-refractivity contribution in [2.75, 3.05) is 0 Å². The van der Waals surface area contributed by atoms with Gasteiger partial charge in [0.15, 0.2) is 5.15 Å². The molecule has 0 saturated carbocycles. The lowest BCUT2D eigenvalue weighted by molar-refractivity contribution is 0.769. The molecule has 2 heterocycles. The highest BCUT2D eigenvalue weighted by atomic mass is 35.5. The molecule has 1 N–H and O–H groups in total. The third kappa shape index (κ3) is 1.33. The molecule has 2 aromatic heterocycles. The van der Waals surface area contributed by atoms with E-state index in [2.05, 4.69) is 15.2 Å². The lowest BCUT2D eigenvalue weighted by Gasteiger charge is -2.01. The van der Waals surface area contributed by atoms with Crippen LogP contribution >= 0.6 is 11.6 Å². The number of hydrogen-bond acceptors (Lipinski definition) is 2. The van der Waals surface area contributed by atoms with Crippen molar-refractivity contribution >= 4 is 11.6 Å². The molecule has 0 aromatic carbocycles. The standard InChI is InChI=1S/C8H9ClN4/c1-2-13-5-10-8(9)7(13)6-3-11-12-4-6/h3-5H,2H2,1H3,(H,11,12). The van der Waals surface area contributed by atoms with Crippen molar-refractivity contribution in [3.05, 3.63) is 23.9 Å². The molecule has 13 heavy (non-hydrogen) atoms. The minimum Gasteiger partial charge on any atom is -0.330 e. The maximum absolute atomic E-state index is 5.94. The first-order chi connectivity index (χ1) is 6.33. The smallest absolute Gasteiger partial charge is 0.155 e. The quantitative estimate of drug-likeness (QED) is 0.798. The van der Waals surface area contributed by atoms with Crippen molar-refractivity contribution < 1.29 is 0 Å². The molecule has 0 saturated heterocycles. The number of aromatic amines is 1. The first-order valence-corrected chi connectivity index (χ1v) is 4.40. The van der Waals surface area contributed by atoms with E-state index in [1.165, 1.54) is 0 Å². The van der Waals surface area contributed by atoms with Crippen molar-refractivity contribution in [2.45, 2.75) is 13.5 Å². The molecule has 5 heteroatoms. The maximum atomic E-state index is 5.94. The molecular formula is C8H9ClN4. The molecule has 0 amide bonds. The summed E-state index contributed by atoms with van der Waals surface area (Å²) in [6.07, 6.45) is 5.26. The molecule has 0 fully saturated rings. The van der Waals surface area contributed by atoms with E-state index >= 15 is 0 Å². The highest BCUT2D eigenvalue weighted by Gasteiger charge is 2.10. The Hall–Kier alpha value is -1.29.